The fourth-order valence-electron chi connectivity index (χ4n) is 1.93. The van der Waals surface area contributed by atoms with E-state index in [0.717, 1.165) is 16.8 Å². The molecule has 0 aliphatic heterocycles. The molecule has 0 spiro atoms. The van der Waals surface area contributed by atoms with Gasteiger partial charge in [-0.3, -0.25) is 0 Å². The summed E-state index contributed by atoms with van der Waals surface area (Å²) in [6, 6.07) is 10.9. The lowest BCUT2D eigenvalue weighted by atomic mass is 10.2. The van der Waals surface area contributed by atoms with Crippen molar-refractivity contribution in [3.8, 4) is 0 Å². The van der Waals surface area contributed by atoms with Gasteiger partial charge in [0.25, 0.3) is 0 Å². The minimum atomic E-state index is -0.273. The van der Waals surface area contributed by atoms with Gasteiger partial charge in [-0.05, 0) is 46.3 Å². The highest BCUT2D eigenvalue weighted by Gasteiger charge is 2.04. The molecular weight excluding hydrogens is 309 g/mol. The van der Waals surface area contributed by atoms with E-state index < -0.39 is 0 Å². The summed E-state index contributed by atoms with van der Waals surface area (Å²) in [7, 11) is 0. The van der Waals surface area contributed by atoms with Gasteiger partial charge in [-0.15, -0.1) is 0 Å². The molecule has 2 heterocycles. The predicted molar refractivity (Wildman–Crippen MR) is 76.6 cm³/mol. The van der Waals surface area contributed by atoms with Gasteiger partial charge in [0.2, 0.25) is 0 Å². The number of pyridine rings is 1. The van der Waals surface area contributed by atoms with Crippen LogP contribution in [0.2, 0.25) is 0 Å². The fraction of sp³-hybridized carbons (Fsp3) is 0.0714. The van der Waals surface area contributed by atoms with Crippen LogP contribution in [0.1, 0.15) is 5.56 Å². The summed E-state index contributed by atoms with van der Waals surface area (Å²) >= 11 is 3.14. The number of nitrogens with zero attached hydrogens (tertiary/aromatic N) is 2. The van der Waals surface area contributed by atoms with Crippen molar-refractivity contribution in [2.24, 2.45) is 0 Å². The molecule has 0 atom stereocenters. The molecule has 0 radical (unpaired) electrons. The summed E-state index contributed by atoms with van der Waals surface area (Å²) in [4.78, 5) is 0. The molecule has 3 nitrogen and oxygen atoms in total. The highest BCUT2D eigenvalue weighted by atomic mass is 79.9. The van der Waals surface area contributed by atoms with Crippen molar-refractivity contribution in [2.45, 2.75) is 6.54 Å². The third-order valence-electron chi connectivity index (χ3n) is 2.91. The molecule has 5 heteroatoms. The fourth-order valence-corrected chi connectivity index (χ4v) is 2.17. The van der Waals surface area contributed by atoms with E-state index >= 15 is 0 Å². The summed E-state index contributed by atoms with van der Waals surface area (Å²) in [6.07, 6.45) is 3.72. The Morgan fingerprint density at radius 1 is 1.26 bits per heavy atom. The highest BCUT2D eigenvalue weighted by Crippen LogP contribution is 2.20. The zero-order chi connectivity index (χ0) is 13.2. The van der Waals surface area contributed by atoms with Crippen molar-refractivity contribution in [1.82, 2.24) is 9.61 Å². The lowest BCUT2D eigenvalue weighted by Gasteiger charge is -2.06. The van der Waals surface area contributed by atoms with Gasteiger partial charge in [-0.25, -0.2) is 8.91 Å². The molecule has 0 saturated heterocycles. The smallest absolute Gasteiger partial charge is 0.139 e. The topological polar surface area (TPSA) is 29.3 Å². The molecule has 2 aromatic heterocycles. The third kappa shape index (κ3) is 2.46. The summed E-state index contributed by atoms with van der Waals surface area (Å²) in [6.45, 7) is 0.606. The summed E-state index contributed by atoms with van der Waals surface area (Å²) < 4.78 is 15.7. The van der Waals surface area contributed by atoms with E-state index in [1.54, 1.807) is 6.07 Å². The van der Waals surface area contributed by atoms with Crippen molar-refractivity contribution in [3.05, 3.63) is 64.6 Å². The van der Waals surface area contributed by atoms with Gasteiger partial charge in [0.1, 0.15) is 5.82 Å². The Kier molecular flexibility index (Phi) is 3.21. The van der Waals surface area contributed by atoms with Gasteiger partial charge in [0, 0.05) is 24.0 Å². The maximum Gasteiger partial charge on any atom is 0.139 e. The van der Waals surface area contributed by atoms with E-state index in [1.165, 1.54) is 6.07 Å². The monoisotopic (exact) mass is 319 g/mol. The normalized spacial score (nSPS) is 10.8. The number of benzene rings is 1. The average molecular weight is 320 g/mol. The van der Waals surface area contributed by atoms with E-state index in [2.05, 4.69) is 26.3 Å². The van der Waals surface area contributed by atoms with Crippen LogP contribution in [-0.2, 0) is 6.54 Å². The van der Waals surface area contributed by atoms with Crippen LogP contribution in [0.15, 0.2) is 53.3 Å². The molecule has 96 valence electrons. The van der Waals surface area contributed by atoms with Crippen molar-refractivity contribution in [2.75, 3.05) is 5.32 Å². The van der Waals surface area contributed by atoms with E-state index in [1.807, 2.05) is 41.2 Å². The molecular formula is C14H11BrFN3. The highest BCUT2D eigenvalue weighted by molar-refractivity contribution is 9.10. The Balaban J connectivity index is 1.80. The van der Waals surface area contributed by atoms with Crippen LogP contribution in [0.3, 0.4) is 0 Å². The standard InChI is InChI=1S/C14H11BrFN3/c15-12-5-4-11(7-13(12)16)17-8-10-9-18-19-6-2-1-3-14(10)19/h1-7,9,17H,8H2. The molecule has 0 amide bonds. The molecule has 0 aliphatic rings. The minimum Gasteiger partial charge on any atom is -0.381 e. The van der Waals surface area contributed by atoms with Crippen LogP contribution in [0.25, 0.3) is 5.52 Å². The first-order valence-corrected chi connectivity index (χ1v) is 6.63. The van der Waals surface area contributed by atoms with Gasteiger partial charge in [0.05, 0.1) is 16.2 Å². The Bertz CT molecular complexity index is 724. The summed E-state index contributed by atoms with van der Waals surface area (Å²) in [5.41, 5.74) is 2.87. The van der Waals surface area contributed by atoms with Crippen molar-refractivity contribution < 1.29 is 4.39 Å². The van der Waals surface area contributed by atoms with Gasteiger partial charge in [-0.2, -0.15) is 5.10 Å². The predicted octanol–water partition coefficient (Wildman–Crippen LogP) is 3.85. The number of halogens is 2. The van der Waals surface area contributed by atoms with Gasteiger partial charge >= 0.3 is 0 Å². The Morgan fingerprint density at radius 2 is 2.16 bits per heavy atom. The molecule has 1 N–H and O–H groups in total. The number of fused-ring (bicyclic) bond motifs is 1. The van der Waals surface area contributed by atoms with Gasteiger partial charge in [-0.1, -0.05) is 6.07 Å². The van der Waals surface area contributed by atoms with Gasteiger partial charge < -0.3 is 5.32 Å². The molecule has 0 saturated carbocycles. The number of hydrogen-bond acceptors (Lipinski definition) is 2. The second kappa shape index (κ2) is 5.01. The third-order valence-corrected chi connectivity index (χ3v) is 3.55. The molecule has 0 fully saturated rings. The minimum absolute atomic E-state index is 0.273. The molecule has 3 aromatic rings. The van der Waals surface area contributed by atoms with Crippen LogP contribution in [0, 0.1) is 5.82 Å². The summed E-state index contributed by atoms with van der Waals surface area (Å²) in [5.74, 6) is -0.273. The van der Waals surface area contributed by atoms with Crippen molar-refractivity contribution in [3.63, 3.8) is 0 Å². The van der Waals surface area contributed by atoms with Crippen LogP contribution < -0.4 is 5.32 Å². The van der Waals surface area contributed by atoms with Crippen LogP contribution in [0.4, 0.5) is 10.1 Å². The quantitative estimate of drug-likeness (QED) is 0.794. The Labute approximate surface area is 118 Å². The lowest BCUT2D eigenvalue weighted by Crippen LogP contribution is -1.99. The average Bonchev–Trinajstić information content (AvgIpc) is 2.83. The first-order chi connectivity index (χ1) is 9.24. The zero-order valence-corrected chi connectivity index (χ0v) is 11.6. The second-order valence-electron chi connectivity index (χ2n) is 4.18. The molecule has 0 aliphatic carbocycles. The molecule has 3 rings (SSSR count). The van der Waals surface area contributed by atoms with E-state index in [-0.39, 0.29) is 5.82 Å². The number of anilines is 1. The van der Waals surface area contributed by atoms with Crippen molar-refractivity contribution in [1.29, 1.82) is 0 Å². The Hall–Kier alpha value is -1.88. The first kappa shape index (κ1) is 12.2. The Morgan fingerprint density at radius 3 is 3.00 bits per heavy atom. The van der Waals surface area contributed by atoms with Crippen LogP contribution >= 0.6 is 15.9 Å². The van der Waals surface area contributed by atoms with E-state index in [4.69, 9.17) is 0 Å². The second-order valence-corrected chi connectivity index (χ2v) is 5.04. The molecule has 0 bridgehead atoms. The number of aromatic nitrogens is 2. The molecule has 1 aromatic carbocycles. The van der Waals surface area contributed by atoms with Crippen LogP contribution in [0.5, 0.6) is 0 Å². The lowest BCUT2D eigenvalue weighted by molar-refractivity contribution is 0.621. The maximum atomic E-state index is 13.4. The van der Waals surface area contributed by atoms with E-state index in [9.17, 15) is 4.39 Å². The number of hydrogen-bond donors (Lipinski definition) is 1. The van der Waals surface area contributed by atoms with Crippen LogP contribution in [-0.4, -0.2) is 9.61 Å². The number of nitrogens with one attached hydrogen (secondary N) is 1. The van der Waals surface area contributed by atoms with Crippen molar-refractivity contribution >= 4 is 27.1 Å². The maximum absolute atomic E-state index is 13.4. The first-order valence-electron chi connectivity index (χ1n) is 5.84. The zero-order valence-electron chi connectivity index (χ0n) is 9.98. The largest absolute Gasteiger partial charge is 0.381 e. The number of rotatable bonds is 3. The summed E-state index contributed by atoms with van der Waals surface area (Å²) in [5, 5.41) is 7.45. The SMILES string of the molecule is Fc1cc(NCc2cnn3ccccc23)ccc1Br. The van der Waals surface area contributed by atoms with Gasteiger partial charge in [0.15, 0.2) is 0 Å². The molecule has 19 heavy (non-hydrogen) atoms. The van der Waals surface area contributed by atoms with E-state index in [0.29, 0.717) is 11.0 Å². The molecule has 0 unspecified atom stereocenters.